The van der Waals surface area contributed by atoms with E-state index in [1.165, 1.54) is 10.5 Å². The first-order valence-corrected chi connectivity index (χ1v) is 11.4. The second-order valence-electron chi connectivity index (χ2n) is 7.00. The first-order chi connectivity index (χ1) is 14.0. The largest absolute Gasteiger partial charge is 0.467 e. The van der Waals surface area contributed by atoms with E-state index >= 15 is 0 Å². The van der Waals surface area contributed by atoms with Crippen LogP contribution >= 0.6 is 23.1 Å². The number of anilines is 1. The van der Waals surface area contributed by atoms with Gasteiger partial charge in [0.25, 0.3) is 0 Å². The van der Waals surface area contributed by atoms with Crippen LogP contribution in [-0.2, 0) is 17.8 Å². The van der Waals surface area contributed by atoms with Gasteiger partial charge >= 0.3 is 0 Å². The van der Waals surface area contributed by atoms with Crippen LogP contribution in [0.5, 0.6) is 0 Å². The molecule has 2 heterocycles. The molecule has 0 aliphatic heterocycles. The number of carbonyl (C=O) groups excluding carboxylic acids is 1. The molecule has 0 saturated carbocycles. The molecular formula is C23H22N2O2S2. The fourth-order valence-electron chi connectivity index (χ4n) is 3.26. The molecule has 1 amide bonds. The maximum atomic E-state index is 13.3. The average molecular weight is 423 g/mol. The number of carbonyl (C=O) groups is 1. The van der Waals surface area contributed by atoms with Crippen LogP contribution in [0.1, 0.15) is 22.5 Å². The molecule has 0 aliphatic carbocycles. The molecule has 0 saturated heterocycles. The van der Waals surface area contributed by atoms with Gasteiger partial charge in [-0.25, -0.2) is 4.98 Å². The van der Waals surface area contributed by atoms with Gasteiger partial charge in [-0.1, -0.05) is 35.1 Å². The maximum Gasteiger partial charge on any atom is 0.233 e. The number of fused-ring (bicyclic) bond motifs is 1. The molecule has 0 radical (unpaired) electrons. The van der Waals surface area contributed by atoms with Crippen molar-refractivity contribution in [1.82, 2.24) is 4.98 Å². The predicted octanol–water partition coefficient (Wildman–Crippen LogP) is 6.00. The third-order valence-electron chi connectivity index (χ3n) is 4.85. The minimum Gasteiger partial charge on any atom is -0.467 e. The summed E-state index contributed by atoms with van der Waals surface area (Å²) in [6, 6.07) is 16.1. The van der Waals surface area contributed by atoms with Crippen LogP contribution in [-0.4, -0.2) is 17.1 Å². The van der Waals surface area contributed by atoms with Crippen LogP contribution < -0.4 is 4.90 Å². The number of rotatable bonds is 6. The Bertz CT molecular complexity index is 1150. The van der Waals surface area contributed by atoms with Gasteiger partial charge in [0, 0.05) is 4.90 Å². The average Bonchev–Trinajstić information content (AvgIpc) is 3.36. The molecule has 4 nitrogen and oxygen atoms in total. The van der Waals surface area contributed by atoms with Crippen molar-refractivity contribution >= 4 is 44.4 Å². The molecule has 4 rings (SSSR count). The van der Waals surface area contributed by atoms with Gasteiger partial charge in [0.2, 0.25) is 5.91 Å². The van der Waals surface area contributed by atoms with Gasteiger partial charge in [0.05, 0.1) is 29.4 Å². The highest BCUT2D eigenvalue weighted by Gasteiger charge is 2.22. The lowest BCUT2D eigenvalue weighted by Gasteiger charge is -2.19. The Hall–Kier alpha value is -2.57. The van der Waals surface area contributed by atoms with Gasteiger partial charge in [0.15, 0.2) is 5.13 Å². The minimum absolute atomic E-state index is 0.0116. The second-order valence-corrected chi connectivity index (χ2v) is 8.88. The zero-order valence-corrected chi connectivity index (χ0v) is 18.3. The Morgan fingerprint density at radius 2 is 2.03 bits per heavy atom. The van der Waals surface area contributed by atoms with E-state index in [2.05, 4.69) is 31.4 Å². The van der Waals surface area contributed by atoms with Crippen molar-refractivity contribution in [1.29, 1.82) is 0 Å². The number of thioether (sulfide) groups is 1. The lowest BCUT2D eigenvalue weighted by Crippen LogP contribution is -2.31. The first kappa shape index (κ1) is 19.7. The lowest BCUT2D eigenvalue weighted by atomic mass is 10.0. The van der Waals surface area contributed by atoms with Crippen LogP contribution in [0.25, 0.3) is 10.2 Å². The van der Waals surface area contributed by atoms with Crippen molar-refractivity contribution in [2.24, 2.45) is 0 Å². The van der Waals surface area contributed by atoms with Crippen LogP contribution in [0.3, 0.4) is 0 Å². The molecular weight excluding hydrogens is 400 g/mol. The van der Waals surface area contributed by atoms with Crippen molar-refractivity contribution in [3.8, 4) is 0 Å². The predicted molar refractivity (Wildman–Crippen MR) is 121 cm³/mol. The zero-order valence-electron chi connectivity index (χ0n) is 16.6. The van der Waals surface area contributed by atoms with Gasteiger partial charge in [-0.3, -0.25) is 9.69 Å². The highest BCUT2D eigenvalue weighted by molar-refractivity contribution is 7.98. The maximum absolute atomic E-state index is 13.3. The molecule has 0 spiro atoms. The van der Waals surface area contributed by atoms with E-state index in [1.54, 1.807) is 34.3 Å². The topological polar surface area (TPSA) is 46.3 Å². The Labute approximate surface area is 178 Å². The molecule has 2 aromatic heterocycles. The normalized spacial score (nSPS) is 11.1. The molecule has 148 valence electrons. The molecule has 2 aromatic carbocycles. The van der Waals surface area contributed by atoms with E-state index in [-0.39, 0.29) is 5.91 Å². The third-order valence-corrected chi connectivity index (χ3v) is 6.62. The van der Waals surface area contributed by atoms with Crippen molar-refractivity contribution in [2.75, 3.05) is 11.2 Å². The van der Waals surface area contributed by atoms with Gasteiger partial charge < -0.3 is 4.42 Å². The number of benzene rings is 2. The summed E-state index contributed by atoms with van der Waals surface area (Å²) >= 11 is 3.24. The number of aromatic nitrogens is 1. The molecule has 0 N–H and O–H groups in total. The standard InChI is InChI=1S/C23H22N2O2S2/c1-15-6-7-17(16(2)11-15)12-22(26)25(14-18-5-4-10-27-18)23-24-20-9-8-19(28-3)13-21(20)29-23/h4-11,13H,12,14H2,1-3H3. The molecule has 0 bridgehead atoms. The summed E-state index contributed by atoms with van der Waals surface area (Å²) < 4.78 is 6.59. The number of hydrogen-bond donors (Lipinski definition) is 0. The SMILES string of the molecule is CSc1ccc2nc(N(Cc3ccco3)C(=O)Cc3ccc(C)cc3C)sc2c1. The molecule has 29 heavy (non-hydrogen) atoms. The highest BCUT2D eigenvalue weighted by atomic mass is 32.2. The molecule has 0 unspecified atom stereocenters. The third kappa shape index (κ3) is 4.38. The van der Waals surface area contributed by atoms with Crippen LogP contribution in [0.2, 0.25) is 0 Å². The van der Waals surface area contributed by atoms with E-state index in [1.807, 2.05) is 37.3 Å². The number of hydrogen-bond acceptors (Lipinski definition) is 5. The van der Waals surface area contributed by atoms with Crippen LogP contribution in [0.4, 0.5) is 5.13 Å². The number of furan rings is 1. The Morgan fingerprint density at radius 3 is 2.76 bits per heavy atom. The smallest absolute Gasteiger partial charge is 0.233 e. The van der Waals surface area contributed by atoms with Gasteiger partial charge in [-0.05, 0) is 61.6 Å². The van der Waals surface area contributed by atoms with Crippen LogP contribution in [0, 0.1) is 13.8 Å². The highest BCUT2D eigenvalue weighted by Crippen LogP contribution is 2.33. The van der Waals surface area contributed by atoms with Gasteiger partial charge in [-0.15, -0.1) is 11.8 Å². The van der Waals surface area contributed by atoms with E-state index in [0.29, 0.717) is 18.1 Å². The van der Waals surface area contributed by atoms with Crippen molar-refractivity contribution in [2.45, 2.75) is 31.7 Å². The zero-order chi connectivity index (χ0) is 20.4. The van der Waals surface area contributed by atoms with Gasteiger partial charge in [-0.2, -0.15) is 0 Å². The van der Waals surface area contributed by atoms with Crippen LogP contribution in [0.15, 0.2) is 64.1 Å². The Kier molecular flexibility index (Phi) is 5.74. The van der Waals surface area contributed by atoms with Crippen molar-refractivity contribution < 1.29 is 9.21 Å². The first-order valence-electron chi connectivity index (χ1n) is 9.37. The van der Waals surface area contributed by atoms with E-state index in [4.69, 9.17) is 9.40 Å². The van der Waals surface area contributed by atoms with E-state index in [9.17, 15) is 4.79 Å². The Balaban J connectivity index is 1.68. The van der Waals surface area contributed by atoms with E-state index in [0.717, 1.165) is 27.1 Å². The second kappa shape index (κ2) is 8.43. The van der Waals surface area contributed by atoms with Crippen molar-refractivity contribution in [3.63, 3.8) is 0 Å². The summed E-state index contributed by atoms with van der Waals surface area (Å²) in [5, 5.41) is 0.699. The number of amides is 1. The summed E-state index contributed by atoms with van der Waals surface area (Å²) in [5.41, 5.74) is 4.27. The van der Waals surface area contributed by atoms with Crippen molar-refractivity contribution in [3.05, 3.63) is 77.2 Å². The Morgan fingerprint density at radius 1 is 1.17 bits per heavy atom. The lowest BCUT2D eigenvalue weighted by molar-refractivity contribution is -0.118. The summed E-state index contributed by atoms with van der Waals surface area (Å²) in [5.74, 6) is 0.750. The number of aryl methyl sites for hydroxylation is 2. The molecule has 0 atom stereocenters. The molecule has 0 fully saturated rings. The number of nitrogens with zero attached hydrogens (tertiary/aromatic N) is 2. The monoisotopic (exact) mass is 422 g/mol. The molecule has 4 aromatic rings. The quantitative estimate of drug-likeness (QED) is 0.357. The fourth-order valence-corrected chi connectivity index (χ4v) is 4.79. The summed E-state index contributed by atoms with van der Waals surface area (Å²) in [6.45, 7) is 4.48. The summed E-state index contributed by atoms with van der Waals surface area (Å²) in [4.78, 5) is 21.0. The summed E-state index contributed by atoms with van der Waals surface area (Å²) in [6.07, 6.45) is 4.02. The number of thiazole rings is 1. The van der Waals surface area contributed by atoms with E-state index < -0.39 is 0 Å². The molecule has 6 heteroatoms. The minimum atomic E-state index is 0.0116. The molecule has 0 aliphatic rings. The fraction of sp³-hybridized carbons (Fsp3) is 0.217. The summed E-state index contributed by atoms with van der Waals surface area (Å²) in [7, 11) is 0. The van der Waals surface area contributed by atoms with Gasteiger partial charge in [0.1, 0.15) is 5.76 Å².